The maximum absolute atomic E-state index is 13.6. The van der Waals surface area contributed by atoms with Gasteiger partial charge in [0.25, 0.3) is 17.6 Å². The zero-order valence-electron chi connectivity index (χ0n) is 35.2. The number of para-hydroxylation sites is 1. The van der Waals surface area contributed by atoms with E-state index in [0.717, 1.165) is 23.9 Å². The van der Waals surface area contributed by atoms with Crippen LogP contribution in [0.15, 0.2) is 74.0 Å². The Morgan fingerprint density at radius 1 is 0.836 bits per heavy atom. The van der Waals surface area contributed by atoms with Gasteiger partial charge in [-0.2, -0.15) is 5.09 Å². The summed E-state index contributed by atoms with van der Waals surface area (Å²) in [6, 6.07) is 9.21. The first kappa shape index (κ1) is 50.3. The highest BCUT2D eigenvalue weighted by atomic mass is 33.0. The van der Waals surface area contributed by atoms with Crippen LogP contribution in [0.5, 0.6) is 5.75 Å². The Morgan fingerprint density at radius 3 is 1.85 bits per heavy atom. The molecule has 29 heteroatoms. The molecule has 0 bridgehead atoms. The number of fused-ring (bicyclic) bond motifs is 1. The number of aromatic nitrogens is 4. The van der Waals surface area contributed by atoms with E-state index in [1.54, 1.807) is 25.1 Å². The minimum Gasteiger partial charge on any atom is -0.468 e. The lowest BCUT2D eigenvalue weighted by Gasteiger charge is -2.28. The Balaban J connectivity index is 0.000000398. The number of aliphatic hydroxyl groups is 3. The molecule has 61 heavy (non-hydrogen) atoms. The normalized spacial score (nSPS) is 28.2. The van der Waals surface area contributed by atoms with Crippen molar-refractivity contribution in [2.45, 2.75) is 94.6 Å². The van der Waals surface area contributed by atoms with E-state index in [1.165, 1.54) is 49.9 Å². The molecule has 3 fully saturated rings. The van der Waals surface area contributed by atoms with Gasteiger partial charge in [0, 0.05) is 36.0 Å². The number of hydrogen-bond acceptors (Lipinski definition) is 17. The number of aromatic amines is 2. The lowest BCUT2D eigenvalue weighted by molar-refractivity contribution is -0.260. The molecule has 17 atom stereocenters. The zero-order valence-corrected chi connectivity index (χ0v) is 40.5. The van der Waals surface area contributed by atoms with Crippen LogP contribution in [0.2, 0.25) is 0 Å². The molecule has 6 unspecified atom stereocenters. The van der Waals surface area contributed by atoms with Crippen molar-refractivity contribution >= 4 is 63.4 Å². The molecule has 0 spiro atoms. The molecular weight excluding hydrogens is 943 g/mol. The first-order valence-electron chi connectivity index (χ1n) is 19.0. The maximum atomic E-state index is 13.6. The molecule has 0 aliphatic carbocycles. The van der Waals surface area contributed by atoms with E-state index in [0.29, 0.717) is 0 Å². The van der Waals surface area contributed by atoms with Gasteiger partial charge in [0.1, 0.15) is 48.4 Å². The van der Waals surface area contributed by atoms with E-state index >= 15 is 0 Å². The second-order valence-corrected chi connectivity index (χ2v) is 34.7. The van der Waals surface area contributed by atoms with Crippen molar-refractivity contribution in [1.29, 1.82) is 0 Å². The van der Waals surface area contributed by atoms with E-state index in [2.05, 4.69) is 50.5 Å². The number of nitrogens with zero attached hydrogens (tertiary/aromatic N) is 2. The number of nitrogens with one attached hydrogen (secondary N) is 3. The fourth-order valence-electron chi connectivity index (χ4n) is 5.98. The van der Waals surface area contributed by atoms with Crippen LogP contribution in [0.3, 0.4) is 0 Å². The summed E-state index contributed by atoms with van der Waals surface area (Å²) in [6.45, 7) is 3.80. The van der Waals surface area contributed by atoms with Gasteiger partial charge in [-0.25, -0.2) is 14.2 Å². The van der Waals surface area contributed by atoms with Crippen LogP contribution in [0, 0.1) is 0 Å². The number of esters is 1. The van der Waals surface area contributed by atoms with Gasteiger partial charge < -0.3 is 48.3 Å². The predicted octanol–water partition coefficient (Wildman–Crippen LogP) is 1.95. The van der Waals surface area contributed by atoms with E-state index in [9.17, 15) is 43.9 Å². The largest absolute Gasteiger partial charge is 0.468 e. The zero-order chi connectivity index (χ0) is 47.3. The molecular formula is C32H54N5O17P7. The van der Waals surface area contributed by atoms with Gasteiger partial charge in [0.2, 0.25) is 0 Å². The number of H-pyrrole nitrogens is 2. The summed E-state index contributed by atoms with van der Waals surface area (Å²) in [4.78, 5) is 62.4. The second kappa shape index (κ2) is 23.4. The van der Waals surface area contributed by atoms with Crippen LogP contribution in [0.4, 0.5) is 0 Å². The van der Waals surface area contributed by atoms with E-state index in [4.69, 9.17) is 35.7 Å². The Bertz CT molecular complexity index is 2190. The van der Waals surface area contributed by atoms with Gasteiger partial charge in [0.05, 0.1) is 19.3 Å². The van der Waals surface area contributed by atoms with Gasteiger partial charge >= 0.3 is 25.1 Å². The molecule has 344 valence electrons. The highest BCUT2D eigenvalue weighted by molar-refractivity contribution is 8.92. The second-order valence-electron chi connectivity index (χ2n) is 13.3. The fraction of sp³-hybridized carbons (Fsp3) is 0.531. The summed E-state index contributed by atoms with van der Waals surface area (Å²) >= 11 is 0. The van der Waals surface area contributed by atoms with Crippen molar-refractivity contribution in [3.63, 3.8) is 0 Å². The van der Waals surface area contributed by atoms with Crippen molar-refractivity contribution < 1.29 is 66.5 Å². The van der Waals surface area contributed by atoms with Gasteiger partial charge in [-0.15, -0.1) is 35.7 Å². The van der Waals surface area contributed by atoms with Crippen molar-refractivity contribution in [1.82, 2.24) is 24.2 Å². The van der Waals surface area contributed by atoms with Crippen LogP contribution in [-0.2, 0) is 42.3 Å². The molecule has 3 aliphatic rings. The number of rotatable bonds is 13. The lowest BCUT2D eigenvalue weighted by atomic mass is 10.1. The number of ether oxygens (including phenoxy) is 6. The Morgan fingerprint density at radius 2 is 1.36 bits per heavy atom. The van der Waals surface area contributed by atoms with Gasteiger partial charge in [0.15, 0.2) is 12.5 Å². The average Bonchev–Trinajstić information content (AvgIpc) is 3.90. The molecule has 3 aromatic rings. The first-order valence-corrected chi connectivity index (χ1v) is 29.4. The van der Waals surface area contributed by atoms with E-state index < -0.39 is 110 Å². The highest BCUT2D eigenvalue weighted by Crippen LogP contribution is 2.86. The number of hydrogen-bond donors (Lipinski definition) is 6. The molecule has 3 saturated heterocycles. The molecule has 2 aromatic heterocycles. The number of benzene rings is 1. The Kier molecular flexibility index (Phi) is 19.3. The van der Waals surface area contributed by atoms with Gasteiger partial charge in [-0.3, -0.25) is 38.0 Å². The molecule has 22 nitrogen and oxygen atoms in total. The summed E-state index contributed by atoms with van der Waals surface area (Å²) in [5.74, 6) is -0.550. The summed E-state index contributed by atoms with van der Waals surface area (Å²) < 4.78 is 68.8. The predicted molar refractivity (Wildman–Crippen MR) is 241 cm³/mol. The van der Waals surface area contributed by atoms with Gasteiger partial charge in [-0.05, 0) is 46.9 Å². The first-order chi connectivity index (χ1) is 29.7. The summed E-state index contributed by atoms with van der Waals surface area (Å²) in [5, 5.41) is 33.2. The molecule has 6 N–H and O–H groups in total. The lowest BCUT2D eigenvalue weighted by Crippen LogP contribution is -2.41. The number of methoxy groups -OCH3 is 2. The minimum atomic E-state index is -4.27. The van der Waals surface area contributed by atoms with Crippen LogP contribution in [0.1, 0.15) is 37.6 Å². The molecule has 0 radical (unpaired) electrons. The van der Waals surface area contributed by atoms with E-state index in [1.807, 2.05) is 4.98 Å². The van der Waals surface area contributed by atoms with Crippen LogP contribution in [0.25, 0.3) is 0 Å². The standard InChI is InChI=1S/C20H26N3O10P.C12H16N2O7.H8P6.2H2/c1-11(19(27)30-3)22-34(29,33-13-7-5-4-6-8-13)32-12(2)17-15(25)16(26)18(31-17)23-10-9-14(24)21-20(23)28;1-5(15)7-8-9(21-12(18-2)20-8)10(19-7)14-4-3-6(16)13-11(14)17;1-5(2)6(3)4;;/h4-12,15-18,25-26H,1-3H3,(H,22,29)(H,21,24,28);3-5,7-10,12,15H,1-2H3,(H,13,16,17);1-4H2;2*1H/t11-,12-,15-,16+,17+,18+,34?;5-,7+,8+,9+,10+,12?;;;/m00.../s1/i;;;1+1D;1+1. The number of carbonyl (C=O) groups is 1. The number of aliphatic hydroxyl groups excluding tert-OH is 3. The average molecular weight is 1000 g/mol. The SMILES string of the molecule is COC(=O)[C@H](C)NP(=O)(Oc1ccccc1)O[C@@H](C)[C@H]1O[C@@H](n2ccc(=O)[nH]c2=O)[C@H](O)[C@@H]1O.COC1O[C@H]2[C@@H](O1)[C@H](n1ccc(=O)[nH]c1=O)O[C@@H]2[C@H](C)O.PP(P)P(P)P.[2HH].[2H][2H]. The molecule has 0 saturated carbocycles. The summed E-state index contributed by atoms with van der Waals surface area (Å²) in [5.41, 5.74) is -2.63. The van der Waals surface area contributed by atoms with Crippen molar-refractivity contribution in [2.75, 3.05) is 14.2 Å². The molecule has 5 heterocycles. The summed E-state index contributed by atoms with van der Waals surface area (Å²) in [7, 11) is 9.47. The topological polar surface area (TPSA) is 290 Å². The highest BCUT2D eigenvalue weighted by Gasteiger charge is 2.55. The Hall–Kier alpha value is -1.74. The third kappa shape index (κ3) is 13.9. The monoisotopic (exact) mass is 1000 g/mol. The van der Waals surface area contributed by atoms with Crippen LogP contribution < -0.4 is 32.1 Å². The number of carbonyl (C=O) groups excluding carboxylic acids is 1. The molecule has 0 amide bonds. The van der Waals surface area contributed by atoms with Crippen LogP contribution >= 0.6 is 57.4 Å². The summed E-state index contributed by atoms with van der Waals surface area (Å²) in [6.07, 6.45) is -7.99. The third-order valence-electron chi connectivity index (χ3n) is 8.87. The third-order valence-corrected chi connectivity index (χ3v) is 32.0. The molecule has 3 aliphatic heterocycles. The Labute approximate surface area is 364 Å². The molecule has 6 rings (SSSR count). The smallest absolute Gasteiger partial charge is 0.459 e. The minimum absolute atomic E-state index is 0. The van der Waals surface area contributed by atoms with Crippen LogP contribution in [-0.4, -0.2) is 116 Å². The van der Waals surface area contributed by atoms with Gasteiger partial charge in [-0.1, -0.05) is 18.2 Å². The maximum Gasteiger partial charge on any atom is 0.459 e. The van der Waals surface area contributed by atoms with Crippen molar-refractivity contribution in [2.24, 2.45) is 0 Å². The van der Waals surface area contributed by atoms with E-state index in [-0.39, 0.29) is 21.2 Å². The van der Waals surface area contributed by atoms with Crippen molar-refractivity contribution in [3.8, 4) is 5.75 Å². The fourth-order valence-corrected chi connectivity index (χ4v) is 7.67. The quantitative estimate of drug-likeness (QED) is 0.105. The van der Waals surface area contributed by atoms with Crippen molar-refractivity contribution in [3.05, 3.63) is 96.5 Å². The molecule has 1 aromatic carbocycles.